The van der Waals surface area contributed by atoms with Gasteiger partial charge in [-0.3, -0.25) is 0 Å². The minimum absolute atomic E-state index is 0.108. The van der Waals surface area contributed by atoms with Crippen LogP contribution in [0.4, 0.5) is 0 Å². The summed E-state index contributed by atoms with van der Waals surface area (Å²) in [6.07, 6.45) is 0. The number of imidazole rings is 1. The lowest BCUT2D eigenvalue weighted by molar-refractivity contribution is 0.268. The predicted molar refractivity (Wildman–Crippen MR) is 82.4 cm³/mol. The lowest BCUT2D eigenvalue weighted by Gasteiger charge is -2.09. The molecule has 0 aliphatic rings. The molecule has 0 aliphatic heterocycles. The summed E-state index contributed by atoms with van der Waals surface area (Å²) in [6, 6.07) is 13.5. The van der Waals surface area contributed by atoms with Crippen LogP contribution in [0, 0.1) is 0 Å². The Morgan fingerprint density at radius 1 is 1.24 bits per heavy atom. The maximum atomic E-state index is 9.26. The van der Waals surface area contributed by atoms with Crippen molar-refractivity contribution < 1.29 is 9.84 Å². The summed E-state index contributed by atoms with van der Waals surface area (Å²) < 4.78 is 7.63. The molecule has 0 spiro atoms. The predicted octanol–water partition coefficient (Wildman–Crippen LogP) is 3.30. The van der Waals surface area contributed by atoms with Crippen molar-refractivity contribution >= 4 is 22.6 Å². The number of aryl methyl sites for hydroxylation is 1. The molecule has 108 valence electrons. The molecule has 21 heavy (non-hydrogen) atoms. The molecule has 0 bridgehead atoms. The SMILES string of the molecule is Cn1c(CO)nc2cc(Cl)c(OCc3ccccc3)cc21. The van der Waals surface area contributed by atoms with Crippen molar-refractivity contribution in [3.8, 4) is 5.75 Å². The molecule has 0 radical (unpaired) electrons. The quantitative estimate of drug-likeness (QED) is 0.804. The van der Waals surface area contributed by atoms with Gasteiger partial charge in [0.25, 0.3) is 0 Å². The molecular weight excluding hydrogens is 288 g/mol. The zero-order valence-electron chi connectivity index (χ0n) is 11.6. The normalized spacial score (nSPS) is 11.0. The van der Waals surface area contributed by atoms with Gasteiger partial charge in [0.2, 0.25) is 0 Å². The standard InChI is InChI=1S/C16H15ClN2O2/c1-19-14-8-15(21-10-11-5-3-2-4-6-11)12(17)7-13(14)18-16(19)9-20/h2-8,20H,9-10H2,1H3. The highest BCUT2D eigenvalue weighted by Crippen LogP contribution is 2.30. The van der Waals surface area contributed by atoms with Crippen LogP contribution in [0.2, 0.25) is 5.02 Å². The highest BCUT2D eigenvalue weighted by atomic mass is 35.5. The van der Waals surface area contributed by atoms with Gasteiger partial charge in [-0.05, 0) is 11.6 Å². The van der Waals surface area contributed by atoms with Crippen molar-refractivity contribution in [2.75, 3.05) is 0 Å². The maximum Gasteiger partial charge on any atom is 0.140 e. The molecule has 3 aromatic rings. The second kappa shape index (κ2) is 5.76. The summed E-state index contributed by atoms with van der Waals surface area (Å²) >= 11 is 6.24. The monoisotopic (exact) mass is 302 g/mol. The van der Waals surface area contributed by atoms with Gasteiger partial charge in [-0.2, -0.15) is 0 Å². The summed E-state index contributed by atoms with van der Waals surface area (Å²) in [5.41, 5.74) is 2.71. The van der Waals surface area contributed by atoms with Gasteiger partial charge in [0.1, 0.15) is 24.8 Å². The molecule has 0 amide bonds. The van der Waals surface area contributed by atoms with Crippen LogP contribution in [0.25, 0.3) is 11.0 Å². The molecule has 0 aliphatic carbocycles. The highest BCUT2D eigenvalue weighted by molar-refractivity contribution is 6.32. The fourth-order valence-corrected chi connectivity index (χ4v) is 2.44. The molecule has 5 heteroatoms. The molecule has 0 unspecified atom stereocenters. The zero-order chi connectivity index (χ0) is 14.8. The van der Waals surface area contributed by atoms with Gasteiger partial charge in [-0.25, -0.2) is 4.98 Å². The summed E-state index contributed by atoms with van der Waals surface area (Å²) in [5.74, 6) is 1.21. The average molecular weight is 303 g/mol. The number of fused-ring (bicyclic) bond motifs is 1. The van der Waals surface area contributed by atoms with E-state index in [4.69, 9.17) is 16.3 Å². The van der Waals surface area contributed by atoms with Gasteiger partial charge in [0, 0.05) is 13.1 Å². The molecule has 1 aromatic heterocycles. The number of aliphatic hydroxyl groups excluding tert-OH is 1. The fraction of sp³-hybridized carbons (Fsp3) is 0.188. The van der Waals surface area contributed by atoms with Gasteiger partial charge < -0.3 is 14.4 Å². The zero-order valence-corrected chi connectivity index (χ0v) is 12.3. The second-order valence-electron chi connectivity index (χ2n) is 4.79. The lowest BCUT2D eigenvalue weighted by Crippen LogP contribution is -1.98. The summed E-state index contributed by atoms with van der Waals surface area (Å²) in [4.78, 5) is 4.32. The van der Waals surface area contributed by atoms with Crippen molar-refractivity contribution in [2.24, 2.45) is 7.05 Å². The first kappa shape index (κ1) is 13.9. The Morgan fingerprint density at radius 3 is 2.71 bits per heavy atom. The first-order chi connectivity index (χ1) is 10.2. The number of hydrogen-bond donors (Lipinski definition) is 1. The molecule has 2 aromatic carbocycles. The van der Waals surface area contributed by atoms with E-state index in [1.807, 2.05) is 48.0 Å². The van der Waals surface area contributed by atoms with Crippen LogP contribution in [0.15, 0.2) is 42.5 Å². The molecule has 1 heterocycles. The number of hydrogen-bond acceptors (Lipinski definition) is 3. The van der Waals surface area contributed by atoms with Crippen molar-refractivity contribution in [1.82, 2.24) is 9.55 Å². The van der Waals surface area contributed by atoms with Crippen LogP contribution in [-0.2, 0) is 20.3 Å². The molecule has 3 rings (SSSR count). The first-order valence-corrected chi connectivity index (χ1v) is 6.99. The van der Waals surface area contributed by atoms with Gasteiger partial charge in [-0.1, -0.05) is 41.9 Å². The van der Waals surface area contributed by atoms with Crippen LogP contribution in [0.5, 0.6) is 5.75 Å². The maximum absolute atomic E-state index is 9.26. The van der Waals surface area contributed by atoms with Gasteiger partial charge >= 0.3 is 0 Å². The van der Waals surface area contributed by atoms with E-state index in [2.05, 4.69) is 4.98 Å². The smallest absolute Gasteiger partial charge is 0.140 e. The van der Waals surface area contributed by atoms with Gasteiger partial charge in [0.05, 0.1) is 16.1 Å². The summed E-state index contributed by atoms with van der Waals surface area (Å²) in [5, 5.41) is 9.78. The first-order valence-electron chi connectivity index (χ1n) is 6.61. The number of nitrogens with zero attached hydrogens (tertiary/aromatic N) is 2. The van der Waals surface area contributed by atoms with E-state index in [1.165, 1.54) is 0 Å². The molecule has 0 saturated carbocycles. The minimum Gasteiger partial charge on any atom is -0.487 e. The Balaban J connectivity index is 1.91. The van der Waals surface area contributed by atoms with Gasteiger partial charge in [0.15, 0.2) is 0 Å². The van der Waals surface area contributed by atoms with Crippen molar-refractivity contribution in [2.45, 2.75) is 13.2 Å². The number of aromatic nitrogens is 2. The third kappa shape index (κ3) is 2.73. The molecule has 0 atom stereocenters. The minimum atomic E-state index is -0.108. The lowest BCUT2D eigenvalue weighted by atomic mass is 10.2. The van der Waals surface area contributed by atoms with Crippen LogP contribution < -0.4 is 4.74 Å². The van der Waals surface area contributed by atoms with Crippen LogP contribution in [0.1, 0.15) is 11.4 Å². The Kier molecular flexibility index (Phi) is 3.82. The van der Waals surface area contributed by atoms with E-state index >= 15 is 0 Å². The molecule has 0 saturated heterocycles. The Hall–Kier alpha value is -2.04. The largest absolute Gasteiger partial charge is 0.487 e. The Labute approximate surface area is 127 Å². The van der Waals surface area contributed by atoms with Crippen molar-refractivity contribution in [1.29, 1.82) is 0 Å². The highest BCUT2D eigenvalue weighted by Gasteiger charge is 2.11. The van der Waals surface area contributed by atoms with E-state index < -0.39 is 0 Å². The molecular formula is C16H15ClN2O2. The second-order valence-corrected chi connectivity index (χ2v) is 5.20. The molecule has 4 nitrogen and oxygen atoms in total. The fourth-order valence-electron chi connectivity index (χ4n) is 2.23. The van der Waals surface area contributed by atoms with E-state index in [0.29, 0.717) is 23.2 Å². The molecule has 0 fully saturated rings. The average Bonchev–Trinajstić information content (AvgIpc) is 2.81. The summed E-state index contributed by atoms with van der Waals surface area (Å²) in [7, 11) is 1.86. The van der Waals surface area contributed by atoms with Crippen LogP contribution in [0.3, 0.4) is 0 Å². The van der Waals surface area contributed by atoms with Crippen LogP contribution in [-0.4, -0.2) is 14.7 Å². The number of halogens is 1. The third-order valence-electron chi connectivity index (χ3n) is 3.41. The number of benzene rings is 2. The van der Waals surface area contributed by atoms with E-state index in [-0.39, 0.29) is 6.61 Å². The van der Waals surface area contributed by atoms with Crippen molar-refractivity contribution in [3.05, 3.63) is 58.9 Å². The topological polar surface area (TPSA) is 47.3 Å². The van der Waals surface area contributed by atoms with Crippen LogP contribution >= 0.6 is 11.6 Å². The Morgan fingerprint density at radius 2 is 2.00 bits per heavy atom. The van der Waals surface area contributed by atoms with E-state index in [9.17, 15) is 5.11 Å². The number of rotatable bonds is 4. The number of ether oxygens (including phenoxy) is 1. The third-order valence-corrected chi connectivity index (χ3v) is 3.70. The summed E-state index contributed by atoms with van der Waals surface area (Å²) in [6.45, 7) is 0.347. The Bertz CT molecular complexity index is 769. The van der Waals surface area contributed by atoms with E-state index in [1.54, 1.807) is 6.07 Å². The van der Waals surface area contributed by atoms with Gasteiger partial charge in [-0.15, -0.1) is 0 Å². The van der Waals surface area contributed by atoms with Crippen molar-refractivity contribution in [3.63, 3.8) is 0 Å². The van der Waals surface area contributed by atoms with E-state index in [0.717, 1.165) is 16.6 Å². The number of aliphatic hydroxyl groups is 1. The molecule has 1 N–H and O–H groups in total.